The predicted octanol–water partition coefficient (Wildman–Crippen LogP) is 2.49. The van der Waals surface area contributed by atoms with Crippen LogP contribution in [-0.2, 0) is 0 Å². The zero-order valence-electron chi connectivity index (χ0n) is 10.7. The van der Waals surface area contributed by atoms with E-state index in [0.29, 0.717) is 12.8 Å². The first-order valence-electron chi connectivity index (χ1n) is 6.43. The number of hydrogen-bond acceptors (Lipinski definition) is 3. The van der Waals surface area contributed by atoms with Crippen LogP contribution in [0.4, 0.5) is 0 Å². The van der Waals surface area contributed by atoms with Crippen molar-refractivity contribution in [3.05, 3.63) is 30.1 Å². The van der Waals surface area contributed by atoms with E-state index in [4.69, 9.17) is 0 Å². The van der Waals surface area contributed by atoms with E-state index < -0.39 is 0 Å². The van der Waals surface area contributed by atoms with Crippen LogP contribution in [0.15, 0.2) is 24.5 Å². The highest BCUT2D eigenvalue weighted by Crippen LogP contribution is 2.27. The van der Waals surface area contributed by atoms with Crippen molar-refractivity contribution < 1.29 is 10.2 Å². The Kier molecular flexibility index (Phi) is 6.16. The molecule has 2 N–H and O–H groups in total. The van der Waals surface area contributed by atoms with Gasteiger partial charge in [0.05, 0.1) is 12.2 Å². The second kappa shape index (κ2) is 7.41. The fourth-order valence-corrected chi connectivity index (χ4v) is 1.99. The number of nitrogens with zero attached hydrogens (tertiary/aromatic N) is 1. The third kappa shape index (κ3) is 4.84. The Morgan fingerprint density at radius 2 is 1.47 bits per heavy atom. The lowest BCUT2D eigenvalue weighted by molar-refractivity contribution is 0.118. The number of rotatable bonds is 7. The summed E-state index contributed by atoms with van der Waals surface area (Å²) in [5, 5.41) is 19.6. The average Bonchev–Trinajstić information content (AvgIpc) is 2.38. The van der Waals surface area contributed by atoms with Crippen LogP contribution in [0.25, 0.3) is 0 Å². The van der Waals surface area contributed by atoms with Crippen LogP contribution in [0.1, 0.15) is 51.0 Å². The van der Waals surface area contributed by atoms with Crippen molar-refractivity contribution >= 4 is 0 Å². The van der Waals surface area contributed by atoms with Gasteiger partial charge in [-0.1, -0.05) is 13.8 Å². The van der Waals surface area contributed by atoms with Crippen molar-refractivity contribution in [3.63, 3.8) is 0 Å². The predicted molar refractivity (Wildman–Crippen MR) is 68.8 cm³/mol. The lowest BCUT2D eigenvalue weighted by Gasteiger charge is -2.22. The van der Waals surface area contributed by atoms with E-state index in [1.165, 1.54) is 0 Å². The first-order valence-corrected chi connectivity index (χ1v) is 6.43. The van der Waals surface area contributed by atoms with Crippen LogP contribution >= 0.6 is 0 Å². The number of hydrogen-bond donors (Lipinski definition) is 2. The number of pyridine rings is 1. The SMILES string of the molecule is CC[C@H](O)CC(C[C@@H](O)CC)c1ccncc1. The van der Waals surface area contributed by atoms with Crippen LogP contribution in [0.5, 0.6) is 0 Å². The second-order valence-electron chi connectivity index (χ2n) is 4.57. The molecule has 0 saturated carbocycles. The summed E-state index contributed by atoms with van der Waals surface area (Å²) in [4.78, 5) is 4.00. The fraction of sp³-hybridized carbons (Fsp3) is 0.643. The molecule has 96 valence electrons. The molecule has 0 spiro atoms. The normalized spacial score (nSPS) is 14.9. The van der Waals surface area contributed by atoms with Gasteiger partial charge in [0.15, 0.2) is 0 Å². The van der Waals surface area contributed by atoms with Crippen LogP contribution in [-0.4, -0.2) is 27.4 Å². The third-order valence-electron chi connectivity index (χ3n) is 3.23. The fourth-order valence-electron chi connectivity index (χ4n) is 1.99. The smallest absolute Gasteiger partial charge is 0.0543 e. The molecule has 0 unspecified atom stereocenters. The van der Waals surface area contributed by atoms with Crippen molar-refractivity contribution in [1.29, 1.82) is 0 Å². The van der Waals surface area contributed by atoms with Gasteiger partial charge in [0.2, 0.25) is 0 Å². The molecule has 1 rings (SSSR count). The molecular weight excluding hydrogens is 214 g/mol. The monoisotopic (exact) mass is 237 g/mol. The molecule has 1 heterocycles. The van der Waals surface area contributed by atoms with Crippen molar-refractivity contribution in [2.75, 3.05) is 0 Å². The maximum atomic E-state index is 9.78. The number of aliphatic hydroxyl groups is 2. The Hall–Kier alpha value is -0.930. The highest BCUT2D eigenvalue weighted by molar-refractivity contribution is 5.16. The minimum Gasteiger partial charge on any atom is -0.393 e. The highest BCUT2D eigenvalue weighted by atomic mass is 16.3. The summed E-state index contributed by atoms with van der Waals surface area (Å²) >= 11 is 0. The van der Waals surface area contributed by atoms with Gasteiger partial charge in [-0.3, -0.25) is 4.98 Å². The van der Waals surface area contributed by atoms with Crippen molar-refractivity contribution in [3.8, 4) is 0 Å². The number of aliphatic hydroxyl groups excluding tert-OH is 2. The van der Waals surface area contributed by atoms with E-state index in [9.17, 15) is 10.2 Å². The molecule has 0 aliphatic carbocycles. The highest BCUT2D eigenvalue weighted by Gasteiger charge is 2.18. The molecule has 0 radical (unpaired) electrons. The minimum absolute atomic E-state index is 0.211. The summed E-state index contributed by atoms with van der Waals surface area (Å²) in [5.74, 6) is 0.211. The molecule has 0 aliphatic heterocycles. The van der Waals surface area contributed by atoms with Crippen molar-refractivity contribution in [2.45, 2.75) is 57.7 Å². The van der Waals surface area contributed by atoms with Crippen LogP contribution in [0.2, 0.25) is 0 Å². The standard InChI is InChI=1S/C14H23NO2/c1-3-13(16)9-12(10-14(17)4-2)11-5-7-15-8-6-11/h5-8,12-14,16-17H,3-4,9-10H2,1-2H3/t13-,14-/m0/s1. The Labute approximate surface area is 104 Å². The van der Waals surface area contributed by atoms with Crippen LogP contribution in [0.3, 0.4) is 0 Å². The lowest BCUT2D eigenvalue weighted by Crippen LogP contribution is -2.17. The summed E-state index contributed by atoms with van der Waals surface area (Å²) < 4.78 is 0. The topological polar surface area (TPSA) is 53.4 Å². The van der Waals surface area contributed by atoms with E-state index >= 15 is 0 Å². The van der Waals surface area contributed by atoms with Gasteiger partial charge in [0, 0.05) is 12.4 Å². The van der Waals surface area contributed by atoms with Gasteiger partial charge in [0.1, 0.15) is 0 Å². The Morgan fingerprint density at radius 3 is 1.88 bits per heavy atom. The summed E-state index contributed by atoms with van der Waals surface area (Å²) in [6.45, 7) is 3.95. The zero-order chi connectivity index (χ0) is 12.7. The van der Waals surface area contributed by atoms with Gasteiger partial charge in [-0.05, 0) is 49.3 Å². The molecule has 0 amide bonds. The molecule has 0 bridgehead atoms. The van der Waals surface area contributed by atoms with E-state index in [0.717, 1.165) is 18.4 Å². The summed E-state index contributed by atoms with van der Waals surface area (Å²) in [7, 11) is 0. The van der Waals surface area contributed by atoms with Gasteiger partial charge in [0.25, 0.3) is 0 Å². The summed E-state index contributed by atoms with van der Waals surface area (Å²) in [5.41, 5.74) is 1.15. The number of aromatic nitrogens is 1. The lowest BCUT2D eigenvalue weighted by atomic mass is 9.87. The van der Waals surface area contributed by atoms with Gasteiger partial charge < -0.3 is 10.2 Å². The minimum atomic E-state index is -0.294. The maximum Gasteiger partial charge on any atom is 0.0543 e. The molecule has 0 aliphatic rings. The molecule has 1 aromatic heterocycles. The van der Waals surface area contributed by atoms with Crippen LogP contribution < -0.4 is 0 Å². The average molecular weight is 237 g/mol. The molecule has 0 saturated heterocycles. The van der Waals surface area contributed by atoms with Crippen molar-refractivity contribution in [2.24, 2.45) is 0 Å². The van der Waals surface area contributed by atoms with Gasteiger partial charge in [-0.15, -0.1) is 0 Å². The zero-order valence-corrected chi connectivity index (χ0v) is 10.7. The second-order valence-corrected chi connectivity index (χ2v) is 4.57. The molecule has 0 aromatic carbocycles. The first kappa shape index (κ1) is 14.1. The van der Waals surface area contributed by atoms with Crippen LogP contribution in [0, 0.1) is 0 Å². The Bertz CT molecular complexity index is 290. The van der Waals surface area contributed by atoms with E-state index in [1.807, 2.05) is 26.0 Å². The Morgan fingerprint density at radius 1 is 1.00 bits per heavy atom. The third-order valence-corrected chi connectivity index (χ3v) is 3.23. The summed E-state index contributed by atoms with van der Waals surface area (Å²) in [6.07, 6.45) is 5.86. The summed E-state index contributed by atoms with van der Waals surface area (Å²) in [6, 6.07) is 3.94. The molecular formula is C14H23NO2. The maximum absolute atomic E-state index is 9.78. The van der Waals surface area contributed by atoms with E-state index in [2.05, 4.69) is 4.98 Å². The molecule has 1 aromatic rings. The van der Waals surface area contributed by atoms with E-state index in [1.54, 1.807) is 12.4 Å². The van der Waals surface area contributed by atoms with Gasteiger partial charge in [-0.2, -0.15) is 0 Å². The van der Waals surface area contributed by atoms with E-state index in [-0.39, 0.29) is 18.1 Å². The largest absolute Gasteiger partial charge is 0.393 e. The van der Waals surface area contributed by atoms with Gasteiger partial charge in [-0.25, -0.2) is 0 Å². The Balaban J connectivity index is 2.72. The molecule has 17 heavy (non-hydrogen) atoms. The molecule has 2 atom stereocenters. The van der Waals surface area contributed by atoms with Gasteiger partial charge >= 0.3 is 0 Å². The molecule has 3 nitrogen and oxygen atoms in total. The van der Waals surface area contributed by atoms with Crippen molar-refractivity contribution in [1.82, 2.24) is 4.98 Å². The molecule has 0 fully saturated rings. The first-order chi connectivity index (χ1) is 8.17. The molecule has 3 heteroatoms. The quantitative estimate of drug-likeness (QED) is 0.766.